The van der Waals surface area contributed by atoms with Crippen molar-refractivity contribution >= 4 is 17.9 Å². The number of hydrogen-bond acceptors (Lipinski definition) is 5. The van der Waals surface area contributed by atoms with Gasteiger partial charge in [-0.1, -0.05) is 48.2 Å². The van der Waals surface area contributed by atoms with Crippen LogP contribution in [-0.2, 0) is 24.7 Å². The predicted octanol–water partition coefficient (Wildman–Crippen LogP) is 1.16. The van der Waals surface area contributed by atoms with Gasteiger partial charge in [-0.2, -0.15) is 0 Å². The largest absolute Gasteiger partial charge is 0.342 e. The Morgan fingerprint density at radius 2 is 1.94 bits per heavy atom. The summed E-state index contributed by atoms with van der Waals surface area (Å²) in [4.78, 5) is 35.3. The van der Waals surface area contributed by atoms with E-state index in [0.29, 0.717) is 23.3 Å². The molecule has 7 nitrogen and oxygen atoms in total. The molecule has 3 aromatic rings. The van der Waals surface area contributed by atoms with E-state index in [1.165, 1.54) is 17.2 Å². The second-order valence-corrected chi connectivity index (χ2v) is 10.0. The number of nitrogens with zero attached hydrogens (tertiary/aromatic N) is 4. The molecule has 1 atom stereocenters. The predicted molar refractivity (Wildman–Crippen MR) is 138 cm³/mol. The topological polar surface area (TPSA) is 93.6 Å². The molecule has 1 spiro atoms. The molecular weight excluding hydrogens is 450 g/mol. The first-order valence-corrected chi connectivity index (χ1v) is 12.3. The minimum Gasteiger partial charge on any atom is -0.342 e. The smallest absolute Gasteiger partial charge is 0.270 e. The molecular formula is C29H27N5O2. The van der Waals surface area contributed by atoms with Crippen molar-refractivity contribution < 1.29 is 4.79 Å². The molecule has 0 unspecified atom stereocenters. The summed E-state index contributed by atoms with van der Waals surface area (Å²) in [6, 6.07) is 14.2. The number of nitrogens with two attached hydrogens (primary N) is 1. The van der Waals surface area contributed by atoms with Crippen LogP contribution in [0.2, 0.25) is 0 Å². The van der Waals surface area contributed by atoms with Crippen molar-refractivity contribution in [2.45, 2.75) is 31.7 Å². The van der Waals surface area contributed by atoms with Crippen molar-refractivity contribution in [3.63, 3.8) is 0 Å². The van der Waals surface area contributed by atoms with Crippen LogP contribution in [0.1, 0.15) is 41.1 Å². The Morgan fingerprint density at radius 3 is 2.75 bits per heavy atom. The lowest BCUT2D eigenvalue weighted by molar-refractivity contribution is -0.112. The van der Waals surface area contributed by atoms with Gasteiger partial charge in [0.05, 0.1) is 11.6 Å². The number of benzene rings is 2. The summed E-state index contributed by atoms with van der Waals surface area (Å²) in [5.41, 5.74) is 10.6. The molecule has 2 N–H and O–H groups in total. The summed E-state index contributed by atoms with van der Waals surface area (Å²) in [7, 11) is 1.76. The Hall–Kier alpha value is -4.02. The highest BCUT2D eigenvalue weighted by Crippen LogP contribution is 2.50. The first-order valence-electron chi connectivity index (χ1n) is 12.3. The molecule has 6 rings (SSSR count). The third-order valence-corrected chi connectivity index (χ3v) is 7.90. The summed E-state index contributed by atoms with van der Waals surface area (Å²) in [6.07, 6.45) is 6.51. The standard InChI is InChI=1S/C29H27N5O2/c1-33-27(36)22(7-4-5-19-9-10-20-16-25(35)32-24(20)15-19)18-31-28(33)34-13-11-29(12-14-34)17-21-6-2-3-8-23(21)26(29)30/h2-3,6,8-10,15-16,18,26H,5,11-14,17,30H2,1H3/t26-/m1/s1. The quantitative estimate of drug-likeness (QED) is 0.559. The maximum absolute atomic E-state index is 13.0. The number of rotatable bonds is 2. The molecule has 0 saturated carbocycles. The molecule has 1 aliphatic carbocycles. The van der Waals surface area contributed by atoms with Crippen LogP contribution in [0.5, 0.6) is 0 Å². The molecule has 180 valence electrons. The van der Waals surface area contributed by atoms with Crippen LogP contribution in [0.15, 0.2) is 58.4 Å². The lowest BCUT2D eigenvalue weighted by Crippen LogP contribution is -2.46. The molecule has 2 aromatic carbocycles. The highest BCUT2D eigenvalue weighted by molar-refractivity contribution is 6.06. The van der Waals surface area contributed by atoms with Crippen molar-refractivity contribution in [3.8, 4) is 11.8 Å². The van der Waals surface area contributed by atoms with Crippen molar-refractivity contribution in [3.05, 3.63) is 91.8 Å². The molecule has 7 heteroatoms. The van der Waals surface area contributed by atoms with Crippen molar-refractivity contribution in [1.82, 2.24) is 9.55 Å². The van der Waals surface area contributed by atoms with Gasteiger partial charge in [0.25, 0.3) is 11.5 Å². The van der Waals surface area contributed by atoms with Gasteiger partial charge in [0.1, 0.15) is 5.56 Å². The van der Waals surface area contributed by atoms with Gasteiger partial charge in [-0.25, -0.2) is 9.98 Å². The number of hydrogen-bond donors (Lipinski definition) is 1. The third-order valence-electron chi connectivity index (χ3n) is 7.90. The van der Waals surface area contributed by atoms with Crippen LogP contribution in [0.25, 0.3) is 6.08 Å². The molecule has 1 saturated heterocycles. The van der Waals surface area contributed by atoms with E-state index in [1.807, 2.05) is 18.2 Å². The van der Waals surface area contributed by atoms with Crippen molar-refractivity contribution in [2.24, 2.45) is 23.2 Å². The van der Waals surface area contributed by atoms with E-state index in [2.05, 4.69) is 51.0 Å². The molecule has 1 amide bonds. The molecule has 3 aliphatic rings. The van der Waals surface area contributed by atoms with Crippen LogP contribution in [0.3, 0.4) is 0 Å². The number of aromatic nitrogens is 2. The maximum atomic E-state index is 13.0. The number of piperidine rings is 1. The fraction of sp³-hybridized carbons (Fsp3) is 0.310. The van der Waals surface area contributed by atoms with Crippen LogP contribution >= 0.6 is 0 Å². The first kappa shape index (κ1) is 22.4. The fourth-order valence-corrected chi connectivity index (χ4v) is 5.82. The van der Waals surface area contributed by atoms with Crippen molar-refractivity contribution in [1.29, 1.82) is 0 Å². The van der Waals surface area contributed by atoms with Gasteiger partial charge in [-0.05, 0) is 47.4 Å². The zero-order valence-corrected chi connectivity index (χ0v) is 20.2. The number of anilines is 1. The molecule has 1 fully saturated rings. The van der Waals surface area contributed by atoms with Crippen LogP contribution in [-0.4, -0.2) is 28.5 Å². The second kappa shape index (κ2) is 8.58. The highest BCUT2D eigenvalue weighted by Gasteiger charge is 2.46. The van der Waals surface area contributed by atoms with Gasteiger partial charge in [-0.15, -0.1) is 0 Å². The number of fused-ring (bicyclic) bond motifs is 2. The first-order chi connectivity index (χ1) is 17.4. The van der Waals surface area contributed by atoms with E-state index in [-0.39, 0.29) is 22.9 Å². The average molecular weight is 478 g/mol. The number of amides is 1. The Labute approximate surface area is 209 Å². The zero-order valence-electron chi connectivity index (χ0n) is 20.2. The lowest BCUT2D eigenvalue weighted by atomic mass is 9.73. The molecule has 2 aliphatic heterocycles. The Balaban J connectivity index is 1.16. The maximum Gasteiger partial charge on any atom is 0.270 e. The van der Waals surface area contributed by atoms with E-state index in [9.17, 15) is 9.59 Å². The highest BCUT2D eigenvalue weighted by atomic mass is 16.1. The summed E-state index contributed by atoms with van der Waals surface area (Å²) in [6.45, 7) is 1.63. The van der Waals surface area contributed by atoms with Gasteiger partial charge in [0.2, 0.25) is 5.95 Å². The number of carbonyl (C=O) groups excluding carboxylic acids is 1. The molecule has 36 heavy (non-hydrogen) atoms. The molecule has 1 aromatic heterocycles. The van der Waals surface area contributed by atoms with E-state index < -0.39 is 0 Å². The van der Waals surface area contributed by atoms with Crippen LogP contribution in [0, 0.1) is 17.3 Å². The third kappa shape index (κ3) is 3.75. The van der Waals surface area contributed by atoms with Crippen molar-refractivity contribution in [2.75, 3.05) is 18.0 Å². The molecule has 3 heterocycles. The molecule has 0 radical (unpaired) electrons. The normalized spacial score (nSPS) is 19.2. The van der Waals surface area contributed by atoms with E-state index in [1.54, 1.807) is 17.8 Å². The second-order valence-electron chi connectivity index (χ2n) is 10.0. The van der Waals surface area contributed by atoms with Gasteiger partial charge < -0.3 is 10.6 Å². The van der Waals surface area contributed by atoms with E-state index in [4.69, 9.17) is 5.73 Å². The zero-order chi connectivity index (χ0) is 24.9. The van der Waals surface area contributed by atoms with Crippen LogP contribution < -0.4 is 26.8 Å². The van der Waals surface area contributed by atoms with Gasteiger partial charge in [0.15, 0.2) is 0 Å². The lowest BCUT2D eigenvalue weighted by Gasteiger charge is -2.42. The minimum absolute atomic E-state index is 0.0586. The summed E-state index contributed by atoms with van der Waals surface area (Å²) in [5.74, 6) is 6.48. The van der Waals surface area contributed by atoms with E-state index >= 15 is 0 Å². The number of carbonyl (C=O) groups is 1. The minimum atomic E-state index is -0.233. The van der Waals surface area contributed by atoms with Crippen LogP contribution in [0.4, 0.5) is 5.95 Å². The van der Waals surface area contributed by atoms with Gasteiger partial charge >= 0.3 is 0 Å². The SMILES string of the molecule is Cn1c(N2CCC3(CC2)Cc2ccccc2[C@H]3N)ncc(C#CCc2ccc3c(c2)=NC(=O)C=3)c1=O. The molecule has 0 bridgehead atoms. The summed E-state index contributed by atoms with van der Waals surface area (Å²) in [5, 5.41) is 1.50. The Bertz CT molecular complexity index is 1630. The van der Waals surface area contributed by atoms with Gasteiger partial charge in [-0.3, -0.25) is 14.2 Å². The van der Waals surface area contributed by atoms with Gasteiger partial charge in [0, 0.05) is 43.9 Å². The summed E-state index contributed by atoms with van der Waals surface area (Å²) < 4.78 is 1.60. The van der Waals surface area contributed by atoms with E-state index in [0.717, 1.165) is 43.1 Å². The summed E-state index contributed by atoms with van der Waals surface area (Å²) >= 11 is 0. The Morgan fingerprint density at radius 1 is 1.14 bits per heavy atom. The monoisotopic (exact) mass is 477 g/mol. The average Bonchev–Trinajstić information content (AvgIpc) is 3.38. The Kier molecular flexibility index (Phi) is 5.35. The fourth-order valence-electron chi connectivity index (χ4n) is 5.82.